The minimum atomic E-state index is -0.828. The van der Waals surface area contributed by atoms with Gasteiger partial charge in [-0.25, -0.2) is 9.67 Å². The van der Waals surface area contributed by atoms with E-state index in [9.17, 15) is 20.2 Å². The average Bonchev–Trinajstić information content (AvgIpc) is 3.29. The molecule has 0 atom stereocenters. The van der Waals surface area contributed by atoms with E-state index in [-0.39, 0.29) is 17.2 Å². The van der Waals surface area contributed by atoms with Crippen LogP contribution in [0.3, 0.4) is 0 Å². The number of ketones is 1. The van der Waals surface area contributed by atoms with Gasteiger partial charge in [0.1, 0.15) is 11.5 Å². The lowest BCUT2D eigenvalue weighted by Gasteiger charge is -2.12. The number of nitriles is 1. The fourth-order valence-electron chi connectivity index (χ4n) is 3.12. The molecule has 0 bridgehead atoms. The molecule has 0 radical (unpaired) electrons. The molecule has 0 saturated heterocycles. The number of rotatable bonds is 7. The van der Waals surface area contributed by atoms with Gasteiger partial charge in [0.05, 0.1) is 29.1 Å². The maximum atomic E-state index is 12.0. The lowest BCUT2D eigenvalue weighted by atomic mass is 10.1. The van der Waals surface area contributed by atoms with Gasteiger partial charge >= 0.3 is 0 Å². The van der Waals surface area contributed by atoms with Gasteiger partial charge in [0, 0.05) is 28.8 Å². The molecule has 10 heteroatoms. The van der Waals surface area contributed by atoms with Crippen molar-refractivity contribution in [3.63, 3.8) is 0 Å². The summed E-state index contributed by atoms with van der Waals surface area (Å²) in [5.74, 6) is 0.356. The van der Waals surface area contributed by atoms with Gasteiger partial charge in [-0.05, 0) is 19.1 Å². The number of hydrogen-bond acceptors (Lipinski definition) is 8. The normalized spacial score (nSPS) is 10.4. The van der Waals surface area contributed by atoms with Crippen molar-refractivity contribution in [2.75, 3.05) is 6.54 Å². The molecule has 0 amide bonds. The first kappa shape index (κ1) is 21.3. The summed E-state index contributed by atoms with van der Waals surface area (Å²) < 4.78 is 7.38. The lowest BCUT2D eigenvalue weighted by Crippen LogP contribution is -2.13. The van der Waals surface area contributed by atoms with Gasteiger partial charge in [-0.15, -0.1) is 0 Å². The van der Waals surface area contributed by atoms with Gasteiger partial charge in [0.25, 0.3) is 6.54 Å². The zero-order valence-electron chi connectivity index (χ0n) is 17.4. The summed E-state index contributed by atoms with van der Waals surface area (Å²) >= 11 is 0. The maximum Gasteiger partial charge on any atom is 0.265 e. The van der Waals surface area contributed by atoms with E-state index < -0.39 is 17.3 Å². The molecule has 0 unspecified atom stereocenters. The number of carbonyl (C=O) groups is 1. The Kier molecular flexibility index (Phi) is 5.86. The highest BCUT2D eigenvalue weighted by Crippen LogP contribution is 2.30. The van der Waals surface area contributed by atoms with Crippen molar-refractivity contribution in [1.29, 1.82) is 5.26 Å². The van der Waals surface area contributed by atoms with Crippen molar-refractivity contribution in [3.8, 4) is 34.6 Å². The van der Waals surface area contributed by atoms with Crippen molar-refractivity contribution in [3.05, 3.63) is 94.1 Å². The number of carbonyl (C=O) groups excluding carboxylic acids is 1. The van der Waals surface area contributed by atoms with Crippen molar-refractivity contribution in [2.45, 2.75) is 6.92 Å². The molecule has 2 aromatic carbocycles. The van der Waals surface area contributed by atoms with Gasteiger partial charge in [-0.1, -0.05) is 30.3 Å². The summed E-state index contributed by atoms with van der Waals surface area (Å²) in [6.07, 6.45) is 2.62. The highest BCUT2D eigenvalue weighted by atomic mass is 16.6. The molecule has 0 N–H and O–H groups in total. The SMILES string of the molecule is Cc1nc(Oc2cc(C#N)ccc2-n2cc(C(=O)C[N+](=O)[O-])cn2)cc(-c2ccccc2)n1. The van der Waals surface area contributed by atoms with Gasteiger partial charge in [-0.2, -0.15) is 15.3 Å². The minimum Gasteiger partial charge on any atom is -0.437 e. The molecule has 33 heavy (non-hydrogen) atoms. The Labute approximate surface area is 187 Å². The summed E-state index contributed by atoms with van der Waals surface area (Å²) in [6.45, 7) is 0.914. The van der Waals surface area contributed by atoms with Crippen molar-refractivity contribution in [1.82, 2.24) is 19.7 Å². The van der Waals surface area contributed by atoms with Crippen LogP contribution in [0.1, 0.15) is 21.7 Å². The van der Waals surface area contributed by atoms with Crippen LogP contribution in [-0.4, -0.2) is 37.0 Å². The number of hydrogen-bond donors (Lipinski definition) is 0. The minimum absolute atomic E-state index is 0.0891. The summed E-state index contributed by atoms with van der Waals surface area (Å²) in [4.78, 5) is 30.7. The fraction of sp³-hybridized carbons (Fsp3) is 0.0870. The quantitative estimate of drug-likeness (QED) is 0.241. The third kappa shape index (κ3) is 4.88. The fourth-order valence-corrected chi connectivity index (χ4v) is 3.12. The zero-order valence-corrected chi connectivity index (χ0v) is 17.4. The van der Waals surface area contributed by atoms with Crippen LogP contribution in [-0.2, 0) is 0 Å². The standard InChI is InChI=1S/C23H16N6O4/c1-15-26-19(17-5-3-2-4-6-17)10-23(27-15)33-22-9-16(11-24)7-8-20(22)28-13-18(12-25-28)21(30)14-29(31)32/h2-10,12-13H,14H2,1H3. The smallest absolute Gasteiger partial charge is 0.265 e. The predicted octanol–water partition coefficient (Wildman–Crippen LogP) is 3.76. The van der Waals surface area contributed by atoms with E-state index in [1.807, 2.05) is 30.3 Å². The Morgan fingerprint density at radius 2 is 1.97 bits per heavy atom. The van der Waals surface area contributed by atoms with Crippen LogP contribution in [0, 0.1) is 28.4 Å². The number of nitrogens with zero attached hydrogens (tertiary/aromatic N) is 6. The Morgan fingerprint density at radius 1 is 1.18 bits per heavy atom. The number of aromatic nitrogens is 4. The maximum absolute atomic E-state index is 12.0. The molecule has 162 valence electrons. The first-order chi connectivity index (χ1) is 15.9. The summed E-state index contributed by atoms with van der Waals surface area (Å²) in [7, 11) is 0. The van der Waals surface area contributed by atoms with Gasteiger partial charge < -0.3 is 4.74 Å². The van der Waals surface area contributed by atoms with Crippen LogP contribution in [0.25, 0.3) is 16.9 Å². The van der Waals surface area contributed by atoms with E-state index in [1.165, 1.54) is 23.1 Å². The van der Waals surface area contributed by atoms with Crippen LogP contribution >= 0.6 is 0 Å². The van der Waals surface area contributed by atoms with Crippen LogP contribution < -0.4 is 4.74 Å². The first-order valence-electron chi connectivity index (χ1n) is 9.76. The molecular weight excluding hydrogens is 424 g/mol. The Morgan fingerprint density at radius 3 is 2.70 bits per heavy atom. The largest absolute Gasteiger partial charge is 0.437 e. The number of Topliss-reactive ketones (excluding diaryl/α,β-unsaturated/α-hetero) is 1. The highest BCUT2D eigenvalue weighted by Gasteiger charge is 2.17. The molecule has 0 aliphatic heterocycles. The molecule has 0 aliphatic carbocycles. The Hall–Kier alpha value is -4.91. The van der Waals surface area contributed by atoms with Crippen LogP contribution in [0.2, 0.25) is 0 Å². The lowest BCUT2D eigenvalue weighted by molar-refractivity contribution is -0.465. The van der Waals surface area contributed by atoms with Crippen LogP contribution in [0.15, 0.2) is 67.0 Å². The zero-order chi connectivity index (χ0) is 23.4. The van der Waals surface area contributed by atoms with E-state index in [0.29, 0.717) is 22.8 Å². The molecular formula is C23H16N6O4. The number of aryl methyl sites for hydroxylation is 1. The third-order valence-corrected chi connectivity index (χ3v) is 4.61. The van der Waals surface area contributed by atoms with E-state index in [4.69, 9.17) is 4.74 Å². The summed E-state index contributed by atoms with van der Waals surface area (Å²) in [6, 6.07) is 18.0. The number of nitro groups is 1. The van der Waals surface area contributed by atoms with E-state index in [0.717, 1.165) is 5.56 Å². The Bertz CT molecular complexity index is 1390. The monoisotopic (exact) mass is 440 g/mol. The van der Waals surface area contributed by atoms with Gasteiger partial charge in [0.2, 0.25) is 11.7 Å². The van der Waals surface area contributed by atoms with E-state index >= 15 is 0 Å². The van der Waals surface area contributed by atoms with Crippen molar-refractivity contribution < 1.29 is 14.5 Å². The summed E-state index contributed by atoms with van der Waals surface area (Å²) in [5.41, 5.74) is 2.42. The molecule has 10 nitrogen and oxygen atoms in total. The second kappa shape index (κ2) is 9.07. The molecule has 0 spiro atoms. The van der Waals surface area contributed by atoms with Crippen LogP contribution in [0.4, 0.5) is 0 Å². The molecule has 0 saturated carbocycles. The number of benzene rings is 2. The predicted molar refractivity (Wildman–Crippen MR) is 117 cm³/mol. The Balaban J connectivity index is 1.72. The van der Waals surface area contributed by atoms with Crippen molar-refractivity contribution in [2.24, 2.45) is 0 Å². The first-order valence-corrected chi connectivity index (χ1v) is 9.76. The van der Waals surface area contributed by atoms with Gasteiger partial charge in [-0.3, -0.25) is 14.9 Å². The molecule has 2 heterocycles. The molecule has 0 aliphatic rings. The van der Waals surface area contributed by atoms with E-state index in [1.54, 1.807) is 25.1 Å². The molecule has 4 aromatic rings. The second-order valence-electron chi connectivity index (χ2n) is 6.99. The average molecular weight is 440 g/mol. The van der Waals surface area contributed by atoms with Gasteiger partial charge in [0.15, 0.2) is 5.75 Å². The number of ether oxygens (including phenoxy) is 1. The van der Waals surface area contributed by atoms with Crippen molar-refractivity contribution >= 4 is 5.78 Å². The molecule has 4 rings (SSSR count). The second-order valence-corrected chi connectivity index (χ2v) is 6.99. The third-order valence-electron chi connectivity index (χ3n) is 4.61. The topological polar surface area (TPSA) is 137 Å². The van der Waals surface area contributed by atoms with E-state index in [2.05, 4.69) is 21.1 Å². The highest BCUT2D eigenvalue weighted by molar-refractivity contribution is 5.96. The molecule has 0 fully saturated rings. The molecule has 2 aromatic heterocycles. The van der Waals surface area contributed by atoms with Crippen LogP contribution in [0.5, 0.6) is 11.6 Å². The summed E-state index contributed by atoms with van der Waals surface area (Å²) in [5, 5.41) is 24.1.